The zero-order valence-corrected chi connectivity index (χ0v) is 16.6. The quantitative estimate of drug-likeness (QED) is 0.576. The van der Waals surface area contributed by atoms with Crippen LogP contribution in [0.4, 0.5) is 5.82 Å². The van der Waals surface area contributed by atoms with E-state index < -0.39 is 0 Å². The molecule has 0 saturated carbocycles. The predicted molar refractivity (Wildman–Crippen MR) is 112 cm³/mol. The van der Waals surface area contributed by atoms with Crippen molar-refractivity contribution in [2.24, 2.45) is 0 Å². The fraction of sp³-hybridized carbons (Fsp3) is 0.250. The van der Waals surface area contributed by atoms with Gasteiger partial charge in [-0.2, -0.15) is 0 Å². The van der Waals surface area contributed by atoms with Gasteiger partial charge in [0.1, 0.15) is 5.82 Å². The highest BCUT2D eigenvalue weighted by atomic mass is 16.5. The third-order valence-corrected chi connectivity index (χ3v) is 4.97. The molecule has 0 fully saturated rings. The molecule has 3 aromatic rings. The normalized spacial score (nSPS) is 13.0. The molecular formula is C24H26N2O2. The number of amides is 1. The molecular weight excluding hydrogens is 348 g/mol. The number of anilines is 1. The topological polar surface area (TPSA) is 42.4 Å². The standard InChI is InChI=1S/C24H26N2O2/c1-18(20-11-6-4-7-12-20)24(27)26(19(2)21-13-8-5-9-14-21)23-22(17-28-3)15-10-16-25-23/h4-16,18-19H,17H2,1-3H3/t18-,19?/m1/s1. The van der Waals surface area contributed by atoms with Crippen LogP contribution in [0.3, 0.4) is 0 Å². The molecule has 0 radical (unpaired) electrons. The molecule has 0 spiro atoms. The smallest absolute Gasteiger partial charge is 0.235 e. The number of hydrogen-bond donors (Lipinski definition) is 0. The van der Waals surface area contributed by atoms with Crippen molar-refractivity contribution in [3.63, 3.8) is 0 Å². The van der Waals surface area contributed by atoms with Gasteiger partial charge in [0.05, 0.1) is 18.6 Å². The van der Waals surface area contributed by atoms with Crippen molar-refractivity contribution in [2.75, 3.05) is 12.0 Å². The molecule has 0 N–H and O–H groups in total. The maximum Gasteiger partial charge on any atom is 0.235 e. The van der Waals surface area contributed by atoms with E-state index in [-0.39, 0.29) is 17.9 Å². The average molecular weight is 374 g/mol. The monoisotopic (exact) mass is 374 g/mol. The first-order valence-corrected chi connectivity index (χ1v) is 9.49. The first-order chi connectivity index (χ1) is 13.6. The van der Waals surface area contributed by atoms with E-state index in [1.165, 1.54) is 0 Å². The van der Waals surface area contributed by atoms with Crippen LogP contribution in [0.25, 0.3) is 0 Å². The van der Waals surface area contributed by atoms with E-state index in [1.54, 1.807) is 18.2 Å². The van der Waals surface area contributed by atoms with Crippen molar-refractivity contribution in [3.8, 4) is 0 Å². The van der Waals surface area contributed by atoms with E-state index in [0.717, 1.165) is 16.7 Å². The molecule has 2 aromatic carbocycles. The van der Waals surface area contributed by atoms with Crippen molar-refractivity contribution in [2.45, 2.75) is 32.4 Å². The van der Waals surface area contributed by atoms with Crippen molar-refractivity contribution >= 4 is 11.7 Å². The molecule has 1 aromatic heterocycles. The van der Waals surface area contributed by atoms with E-state index >= 15 is 0 Å². The van der Waals surface area contributed by atoms with Crippen molar-refractivity contribution < 1.29 is 9.53 Å². The van der Waals surface area contributed by atoms with Gasteiger partial charge >= 0.3 is 0 Å². The Labute approximate surface area is 166 Å². The van der Waals surface area contributed by atoms with Crippen LogP contribution in [-0.2, 0) is 16.1 Å². The zero-order valence-electron chi connectivity index (χ0n) is 16.6. The Hall–Kier alpha value is -2.98. The van der Waals surface area contributed by atoms with Gasteiger partial charge in [-0.3, -0.25) is 9.69 Å². The summed E-state index contributed by atoms with van der Waals surface area (Å²) in [7, 11) is 1.65. The minimum Gasteiger partial charge on any atom is -0.380 e. The summed E-state index contributed by atoms with van der Waals surface area (Å²) in [6.07, 6.45) is 1.72. The molecule has 0 saturated heterocycles. The summed E-state index contributed by atoms with van der Waals surface area (Å²) in [6, 6.07) is 23.6. The summed E-state index contributed by atoms with van der Waals surface area (Å²) >= 11 is 0. The predicted octanol–water partition coefficient (Wildman–Crippen LogP) is 5.13. The lowest BCUT2D eigenvalue weighted by molar-refractivity contribution is -0.120. The lowest BCUT2D eigenvalue weighted by Crippen LogP contribution is -2.38. The first kappa shape index (κ1) is 19.8. The van der Waals surface area contributed by atoms with Gasteiger partial charge in [0.25, 0.3) is 0 Å². The number of benzene rings is 2. The number of carbonyl (C=O) groups is 1. The minimum absolute atomic E-state index is 0.0126. The molecule has 1 amide bonds. The Morgan fingerprint density at radius 2 is 1.54 bits per heavy atom. The summed E-state index contributed by atoms with van der Waals surface area (Å²) in [5.74, 6) is 0.372. The molecule has 4 nitrogen and oxygen atoms in total. The van der Waals surface area contributed by atoms with Crippen LogP contribution >= 0.6 is 0 Å². The second-order valence-electron chi connectivity index (χ2n) is 6.85. The summed E-state index contributed by atoms with van der Waals surface area (Å²) in [5.41, 5.74) is 2.94. The Morgan fingerprint density at radius 1 is 0.929 bits per heavy atom. The van der Waals surface area contributed by atoms with E-state index in [0.29, 0.717) is 12.4 Å². The Morgan fingerprint density at radius 3 is 2.14 bits per heavy atom. The molecule has 0 aliphatic rings. The molecule has 2 atom stereocenters. The minimum atomic E-state index is -0.287. The first-order valence-electron chi connectivity index (χ1n) is 9.49. The number of rotatable bonds is 7. The lowest BCUT2D eigenvalue weighted by Gasteiger charge is -2.32. The fourth-order valence-electron chi connectivity index (χ4n) is 3.37. The third kappa shape index (κ3) is 4.29. The summed E-state index contributed by atoms with van der Waals surface area (Å²) in [5, 5.41) is 0. The van der Waals surface area contributed by atoms with Gasteiger partial charge in [-0.25, -0.2) is 4.98 Å². The fourth-order valence-corrected chi connectivity index (χ4v) is 3.37. The summed E-state index contributed by atoms with van der Waals surface area (Å²) in [4.78, 5) is 20.0. The van der Waals surface area contributed by atoms with Crippen LogP contribution in [0.5, 0.6) is 0 Å². The van der Waals surface area contributed by atoms with Crippen LogP contribution in [0.15, 0.2) is 79.0 Å². The van der Waals surface area contributed by atoms with Gasteiger partial charge in [-0.1, -0.05) is 66.7 Å². The molecule has 0 aliphatic carbocycles. The van der Waals surface area contributed by atoms with Gasteiger partial charge in [-0.15, -0.1) is 0 Å². The molecule has 4 heteroatoms. The van der Waals surface area contributed by atoms with Gasteiger partial charge in [0, 0.05) is 18.9 Å². The van der Waals surface area contributed by atoms with E-state index in [9.17, 15) is 4.79 Å². The highest BCUT2D eigenvalue weighted by Crippen LogP contribution is 2.32. The Balaban J connectivity index is 2.06. The lowest BCUT2D eigenvalue weighted by atomic mass is 9.97. The van der Waals surface area contributed by atoms with Crippen LogP contribution in [0, 0.1) is 0 Å². The number of aromatic nitrogens is 1. The van der Waals surface area contributed by atoms with Gasteiger partial charge in [-0.05, 0) is 31.0 Å². The molecule has 144 valence electrons. The zero-order chi connectivity index (χ0) is 19.9. The second kappa shape index (κ2) is 9.29. The van der Waals surface area contributed by atoms with E-state index in [4.69, 9.17) is 4.74 Å². The number of hydrogen-bond acceptors (Lipinski definition) is 3. The van der Waals surface area contributed by atoms with Gasteiger partial charge < -0.3 is 4.74 Å². The molecule has 3 rings (SSSR count). The SMILES string of the molecule is COCc1cccnc1N(C(=O)[C@H](C)c1ccccc1)C(C)c1ccccc1. The van der Waals surface area contributed by atoms with Crippen LogP contribution in [0.2, 0.25) is 0 Å². The highest BCUT2D eigenvalue weighted by Gasteiger charge is 2.30. The van der Waals surface area contributed by atoms with Gasteiger partial charge in [0.15, 0.2) is 0 Å². The molecule has 28 heavy (non-hydrogen) atoms. The number of pyridine rings is 1. The van der Waals surface area contributed by atoms with Crippen molar-refractivity contribution in [3.05, 3.63) is 95.7 Å². The maximum absolute atomic E-state index is 13.7. The van der Waals surface area contributed by atoms with E-state index in [2.05, 4.69) is 4.98 Å². The van der Waals surface area contributed by atoms with Gasteiger partial charge in [0.2, 0.25) is 5.91 Å². The van der Waals surface area contributed by atoms with Crippen LogP contribution < -0.4 is 4.90 Å². The number of nitrogens with zero attached hydrogens (tertiary/aromatic N) is 2. The largest absolute Gasteiger partial charge is 0.380 e. The molecule has 0 aliphatic heterocycles. The maximum atomic E-state index is 13.7. The summed E-state index contributed by atoms with van der Waals surface area (Å²) < 4.78 is 5.35. The third-order valence-electron chi connectivity index (χ3n) is 4.97. The summed E-state index contributed by atoms with van der Waals surface area (Å²) in [6.45, 7) is 4.38. The van der Waals surface area contributed by atoms with Crippen LogP contribution in [-0.4, -0.2) is 18.0 Å². The highest BCUT2D eigenvalue weighted by molar-refractivity contribution is 5.98. The molecule has 1 heterocycles. The number of ether oxygens (including phenoxy) is 1. The molecule has 1 unspecified atom stereocenters. The van der Waals surface area contributed by atoms with E-state index in [1.807, 2.05) is 86.6 Å². The average Bonchev–Trinajstić information content (AvgIpc) is 2.76. The van der Waals surface area contributed by atoms with Crippen molar-refractivity contribution in [1.82, 2.24) is 4.98 Å². The van der Waals surface area contributed by atoms with Crippen molar-refractivity contribution in [1.29, 1.82) is 0 Å². The Kier molecular flexibility index (Phi) is 6.56. The molecule has 0 bridgehead atoms. The second-order valence-corrected chi connectivity index (χ2v) is 6.85. The number of methoxy groups -OCH3 is 1. The number of carbonyl (C=O) groups excluding carboxylic acids is 1. The van der Waals surface area contributed by atoms with Crippen LogP contribution in [0.1, 0.15) is 42.5 Å². The Bertz CT molecular complexity index is 897.